The van der Waals surface area contributed by atoms with Crippen LogP contribution in [0.5, 0.6) is 5.75 Å². The van der Waals surface area contributed by atoms with Gasteiger partial charge in [0.1, 0.15) is 5.75 Å². The Labute approximate surface area is 114 Å². The highest BCUT2D eigenvalue weighted by Gasteiger charge is 2.04. The van der Waals surface area contributed by atoms with Crippen LogP contribution in [0.25, 0.3) is 10.9 Å². The first-order valence-corrected chi connectivity index (χ1v) is 6.68. The topological polar surface area (TPSA) is 35.4 Å². The van der Waals surface area contributed by atoms with E-state index < -0.39 is 0 Å². The molecule has 19 heavy (non-hydrogen) atoms. The lowest BCUT2D eigenvalue weighted by atomic mass is 10.2. The Bertz CT molecular complexity index is 508. The van der Waals surface area contributed by atoms with Crippen molar-refractivity contribution in [1.29, 1.82) is 0 Å². The Kier molecular flexibility index (Phi) is 5.24. The van der Waals surface area contributed by atoms with Crippen molar-refractivity contribution in [1.82, 2.24) is 9.88 Å². The van der Waals surface area contributed by atoms with Crippen molar-refractivity contribution < 1.29 is 9.47 Å². The van der Waals surface area contributed by atoms with E-state index in [0.29, 0.717) is 0 Å². The number of benzene rings is 1. The number of hydrogen-bond acceptors (Lipinski definition) is 3. The van der Waals surface area contributed by atoms with Gasteiger partial charge in [-0.15, -0.1) is 0 Å². The third kappa shape index (κ3) is 3.49. The van der Waals surface area contributed by atoms with E-state index in [1.54, 1.807) is 14.2 Å². The molecule has 1 heterocycles. The van der Waals surface area contributed by atoms with Crippen LogP contribution in [0.4, 0.5) is 0 Å². The third-order valence-electron chi connectivity index (χ3n) is 3.23. The Morgan fingerprint density at radius 3 is 2.84 bits per heavy atom. The quantitative estimate of drug-likeness (QED) is 0.741. The second-order valence-corrected chi connectivity index (χ2v) is 4.50. The van der Waals surface area contributed by atoms with Gasteiger partial charge >= 0.3 is 0 Å². The van der Waals surface area contributed by atoms with Crippen LogP contribution in [0.3, 0.4) is 0 Å². The van der Waals surface area contributed by atoms with Crippen molar-refractivity contribution in [2.45, 2.75) is 13.0 Å². The van der Waals surface area contributed by atoms with Crippen LogP contribution in [0.1, 0.15) is 6.42 Å². The predicted octanol–water partition coefficient (Wildman–Crippen LogP) is 2.28. The minimum absolute atomic E-state index is 0.816. The van der Waals surface area contributed by atoms with Crippen molar-refractivity contribution in [2.24, 2.45) is 0 Å². The number of aromatic nitrogens is 1. The summed E-state index contributed by atoms with van der Waals surface area (Å²) in [6, 6.07) is 8.27. The van der Waals surface area contributed by atoms with Crippen molar-refractivity contribution in [3.8, 4) is 5.75 Å². The van der Waals surface area contributed by atoms with Gasteiger partial charge in [0, 0.05) is 38.4 Å². The first kappa shape index (κ1) is 13.9. The van der Waals surface area contributed by atoms with E-state index >= 15 is 0 Å². The van der Waals surface area contributed by atoms with Crippen LogP contribution in [-0.2, 0) is 11.3 Å². The molecule has 4 heteroatoms. The highest BCUT2D eigenvalue weighted by atomic mass is 16.5. The van der Waals surface area contributed by atoms with Crippen molar-refractivity contribution in [3.05, 3.63) is 30.5 Å². The van der Waals surface area contributed by atoms with E-state index in [1.807, 2.05) is 12.1 Å². The maximum atomic E-state index is 5.37. The van der Waals surface area contributed by atoms with Crippen molar-refractivity contribution >= 4 is 10.9 Å². The number of nitrogens with zero attached hydrogens (tertiary/aromatic N) is 1. The number of ether oxygens (including phenoxy) is 2. The fourth-order valence-electron chi connectivity index (χ4n) is 2.23. The average Bonchev–Trinajstić information content (AvgIpc) is 2.86. The van der Waals surface area contributed by atoms with Gasteiger partial charge in [0.05, 0.1) is 12.6 Å². The normalized spacial score (nSPS) is 11.1. The summed E-state index contributed by atoms with van der Waals surface area (Å²) in [6.45, 7) is 3.74. The standard InChI is InChI=1S/C15H22N2O2/c1-18-12-4-8-16-9-11-17-10-7-13-14(17)5-3-6-15(13)19-2/h3,5-7,10,16H,4,8-9,11-12H2,1-2H3. The Morgan fingerprint density at radius 1 is 1.16 bits per heavy atom. The van der Waals surface area contributed by atoms with Gasteiger partial charge in [-0.05, 0) is 31.2 Å². The van der Waals surface area contributed by atoms with Crippen molar-refractivity contribution in [2.75, 3.05) is 33.9 Å². The Morgan fingerprint density at radius 2 is 2.05 bits per heavy atom. The second kappa shape index (κ2) is 7.16. The van der Waals surface area contributed by atoms with E-state index in [-0.39, 0.29) is 0 Å². The predicted molar refractivity (Wildman–Crippen MR) is 77.9 cm³/mol. The first-order valence-electron chi connectivity index (χ1n) is 6.68. The van der Waals surface area contributed by atoms with Gasteiger partial charge in [-0.3, -0.25) is 0 Å². The fraction of sp³-hybridized carbons (Fsp3) is 0.467. The third-order valence-corrected chi connectivity index (χ3v) is 3.23. The van der Waals surface area contributed by atoms with Crippen LogP contribution in [0.2, 0.25) is 0 Å². The van der Waals surface area contributed by atoms with E-state index in [4.69, 9.17) is 9.47 Å². The molecular weight excluding hydrogens is 240 g/mol. The molecule has 0 aliphatic heterocycles. The fourth-order valence-corrected chi connectivity index (χ4v) is 2.23. The van der Waals surface area contributed by atoms with Gasteiger partial charge in [-0.2, -0.15) is 0 Å². The lowest BCUT2D eigenvalue weighted by molar-refractivity contribution is 0.194. The largest absolute Gasteiger partial charge is 0.496 e. The van der Waals surface area contributed by atoms with Crippen LogP contribution >= 0.6 is 0 Å². The molecule has 0 bridgehead atoms. The zero-order valence-corrected chi connectivity index (χ0v) is 11.7. The van der Waals surface area contributed by atoms with Gasteiger partial charge in [0.25, 0.3) is 0 Å². The van der Waals surface area contributed by atoms with Crippen LogP contribution in [-0.4, -0.2) is 38.5 Å². The second-order valence-electron chi connectivity index (χ2n) is 4.50. The molecule has 0 aliphatic carbocycles. The lowest BCUT2D eigenvalue weighted by Gasteiger charge is -2.08. The number of nitrogens with one attached hydrogen (secondary N) is 1. The molecule has 1 aromatic heterocycles. The average molecular weight is 262 g/mol. The lowest BCUT2D eigenvalue weighted by Crippen LogP contribution is -2.21. The Hall–Kier alpha value is -1.52. The first-order chi connectivity index (χ1) is 9.36. The van der Waals surface area contributed by atoms with Gasteiger partial charge < -0.3 is 19.4 Å². The number of rotatable bonds is 8. The molecule has 0 saturated carbocycles. The molecule has 2 rings (SSSR count). The van der Waals surface area contributed by atoms with Crippen molar-refractivity contribution in [3.63, 3.8) is 0 Å². The summed E-state index contributed by atoms with van der Waals surface area (Å²) in [6.07, 6.45) is 3.17. The highest BCUT2D eigenvalue weighted by molar-refractivity contribution is 5.86. The minimum Gasteiger partial charge on any atom is -0.496 e. The van der Waals surface area contributed by atoms with Crippen LogP contribution in [0.15, 0.2) is 30.5 Å². The molecule has 4 nitrogen and oxygen atoms in total. The summed E-state index contributed by atoms with van der Waals surface area (Å²) in [5.41, 5.74) is 1.22. The number of fused-ring (bicyclic) bond motifs is 1. The maximum absolute atomic E-state index is 5.37. The summed E-state index contributed by atoms with van der Waals surface area (Å²) in [7, 11) is 3.45. The van der Waals surface area contributed by atoms with Crippen LogP contribution < -0.4 is 10.1 Å². The highest BCUT2D eigenvalue weighted by Crippen LogP contribution is 2.25. The van der Waals surface area contributed by atoms with E-state index in [0.717, 1.165) is 38.4 Å². The molecule has 0 aliphatic rings. The smallest absolute Gasteiger partial charge is 0.128 e. The number of hydrogen-bond donors (Lipinski definition) is 1. The molecule has 0 radical (unpaired) electrons. The summed E-state index contributed by atoms with van der Waals surface area (Å²) in [5.74, 6) is 0.935. The molecule has 0 unspecified atom stereocenters. The molecule has 104 valence electrons. The van der Waals surface area contributed by atoms with Gasteiger partial charge in [-0.1, -0.05) is 6.07 Å². The molecule has 0 atom stereocenters. The molecule has 0 saturated heterocycles. The van der Waals surface area contributed by atoms with Crippen LogP contribution in [0, 0.1) is 0 Å². The maximum Gasteiger partial charge on any atom is 0.128 e. The summed E-state index contributed by atoms with van der Waals surface area (Å²) in [4.78, 5) is 0. The van der Waals surface area contributed by atoms with Gasteiger partial charge in [0.2, 0.25) is 0 Å². The zero-order chi connectivity index (χ0) is 13.5. The summed E-state index contributed by atoms with van der Waals surface area (Å²) in [5, 5.41) is 4.59. The summed E-state index contributed by atoms with van der Waals surface area (Å²) >= 11 is 0. The molecular formula is C15H22N2O2. The zero-order valence-electron chi connectivity index (χ0n) is 11.7. The number of methoxy groups -OCH3 is 2. The van der Waals surface area contributed by atoms with Gasteiger partial charge in [-0.25, -0.2) is 0 Å². The monoisotopic (exact) mass is 262 g/mol. The Balaban J connectivity index is 1.91. The summed E-state index contributed by atoms with van der Waals surface area (Å²) < 4.78 is 12.6. The molecule has 2 aromatic rings. The molecule has 1 aromatic carbocycles. The molecule has 0 spiro atoms. The molecule has 0 amide bonds. The minimum atomic E-state index is 0.816. The van der Waals surface area contributed by atoms with E-state index in [1.165, 1.54) is 10.9 Å². The van der Waals surface area contributed by atoms with E-state index in [9.17, 15) is 0 Å². The van der Waals surface area contributed by atoms with E-state index in [2.05, 4.69) is 28.2 Å². The van der Waals surface area contributed by atoms with Gasteiger partial charge in [0.15, 0.2) is 0 Å². The molecule has 1 N–H and O–H groups in total. The molecule has 0 fully saturated rings. The SMILES string of the molecule is COCCCNCCn1ccc2c(OC)cccc21.